The number of imidazole rings is 1. The van der Waals surface area contributed by atoms with Crippen molar-refractivity contribution in [3.8, 4) is 0 Å². The second-order valence-electron chi connectivity index (χ2n) is 5.80. The van der Waals surface area contributed by atoms with Crippen molar-refractivity contribution >= 4 is 11.8 Å². The number of carbonyl (C=O) groups excluding carboxylic acids is 1. The van der Waals surface area contributed by atoms with E-state index in [1.54, 1.807) is 6.92 Å². The van der Waals surface area contributed by atoms with Gasteiger partial charge in [-0.25, -0.2) is 9.78 Å². The highest BCUT2D eigenvalue weighted by atomic mass is 16.5. The minimum atomic E-state index is -0.427. The molecule has 21 heavy (non-hydrogen) atoms. The number of likely N-dealkylation sites (tertiary alicyclic amines) is 1. The first kappa shape index (κ1) is 15.8. The molecule has 6 heteroatoms. The smallest absolute Gasteiger partial charge is 0.360 e. The van der Waals surface area contributed by atoms with Crippen LogP contribution in [-0.4, -0.2) is 47.2 Å². The summed E-state index contributed by atoms with van der Waals surface area (Å²) in [5, 5.41) is 0. The molecule has 2 atom stereocenters. The molecular weight excluding hydrogens is 268 g/mol. The lowest BCUT2D eigenvalue weighted by Crippen LogP contribution is -2.38. The molecule has 0 bridgehead atoms. The molecule has 2 unspecified atom stereocenters. The van der Waals surface area contributed by atoms with Crippen LogP contribution >= 0.6 is 0 Å². The highest BCUT2D eigenvalue weighted by Crippen LogP contribution is 2.32. The third-order valence-electron chi connectivity index (χ3n) is 4.20. The van der Waals surface area contributed by atoms with Crippen molar-refractivity contribution in [3.05, 3.63) is 11.5 Å². The third kappa shape index (κ3) is 3.05. The van der Waals surface area contributed by atoms with E-state index in [2.05, 4.69) is 28.4 Å². The molecule has 2 N–H and O–H groups in total. The Morgan fingerprint density at radius 1 is 1.48 bits per heavy atom. The summed E-state index contributed by atoms with van der Waals surface area (Å²) in [6.07, 6.45) is 1.77. The van der Waals surface area contributed by atoms with Crippen LogP contribution in [0.15, 0.2) is 0 Å². The fourth-order valence-electron chi connectivity index (χ4n) is 3.19. The number of hydrogen-bond acceptors (Lipinski definition) is 5. The Bertz CT molecular complexity index is 512. The highest BCUT2D eigenvalue weighted by Gasteiger charge is 2.31. The predicted octanol–water partition coefficient (Wildman–Crippen LogP) is 1.72. The van der Waals surface area contributed by atoms with Gasteiger partial charge in [-0.3, -0.25) is 0 Å². The van der Waals surface area contributed by atoms with Crippen LogP contribution in [0.25, 0.3) is 0 Å². The highest BCUT2D eigenvalue weighted by molar-refractivity contribution is 5.92. The minimum Gasteiger partial charge on any atom is -0.461 e. The average molecular weight is 294 g/mol. The first-order valence-electron chi connectivity index (χ1n) is 7.71. The van der Waals surface area contributed by atoms with Gasteiger partial charge in [-0.2, -0.15) is 0 Å². The second-order valence-corrected chi connectivity index (χ2v) is 5.80. The summed E-state index contributed by atoms with van der Waals surface area (Å²) in [6, 6.07) is 0.298. The summed E-state index contributed by atoms with van der Waals surface area (Å²) >= 11 is 0. The number of esters is 1. The summed E-state index contributed by atoms with van der Waals surface area (Å²) in [7, 11) is 2.13. The molecule has 118 valence electrons. The number of piperidine rings is 1. The number of aromatic nitrogens is 2. The molecule has 0 saturated carbocycles. The summed E-state index contributed by atoms with van der Waals surface area (Å²) in [6.45, 7) is 8.43. The van der Waals surface area contributed by atoms with Crippen molar-refractivity contribution in [2.45, 2.75) is 39.7 Å². The Morgan fingerprint density at radius 3 is 2.76 bits per heavy atom. The average Bonchev–Trinajstić information content (AvgIpc) is 2.76. The normalized spacial score (nSPS) is 23.2. The van der Waals surface area contributed by atoms with Gasteiger partial charge in [-0.1, -0.05) is 13.8 Å². The molecule has 1 aliphatic rings. The first-order chi connectivity index (χ1) is 9.99. The molecule has 0 spiro atoms. The van der Waals surface area contributed by atoms with Crippen molar-refractivity contribution in [2.75, 3.05) is 32.5 Å². The molecule has 1 aliphatic heterocycles. The standard InChI is InChI=1S/C15H26N4O2/c1-5-12-17-13(15(20)21-6-2)14(16)19(12)11-7-8-18(4)9-10(11)3/h10-11H,5-9,16H2,1-4H3. The number of carbonyl (C=O) groups is 1. The fraction of sp³-hybridized carbons (Fsp3) is 0.733. The molecular formula is C15H26N4O2. The molecule has 0 radical (unpaired) electrons. The largest absolute Gasteiger partial charge is 0.461 e. The van der Waals surface area contributed by atoms with Gasteiger partial charge in [-0.15, -0.1) is 0 Å². The molecule has 2 heterocycles. The van der Waals surface area contributed by atoms with Crippen molar-refractivity contribution in [2.24, 2.45) is 5.92 Å². The molecule has 2 rings (SSSR count). The van der Waals surface area contributed by atoms with E-state index in [9.17, 15) is 4.79 Å². The van der Waals surface area contributed by atoms with Gasteiger partial charge in [0.2, 0.25) is 0 Å². The quantitative estimate of drug-likeness (QED) is 0.856. The molecule has 0 aliphatic carbocycles. The van der Waals surface area contributed by atoms with E-state index in [0.717, 1.165) is 31.8 Å². The Morgan fingerprint density at radius 2 is 2.19 bits per heavy atom. The lowest BCUT2D eigenvalue weighted by molar-refractivity contribution is 0.0521. The topological polar surface area (TPSA) is 73.4 Å². The van der Waals surface area contributed by atoms with E-state index in [1.807, 2.05) is 6.92 Å². The fourth-order valence-corrected chi connectivity index (χ4v) is 3.19. The maximum atomic E-state index is 12.0. The van der Waals surface area contributed by atoms with Crippen molar-refractivity contribution < 1.29 is 9.53 Å². The minimum absolute atomic E-state index is 0.264. The predicted molar refractivity (Wildman–Crippen MR) is 82.3 cm³/mol. The van der Waals surface area contributed by atoms with Crippen LogP contribution in [0.4, 0.5) is 5.82 Å². The summed E-state index contributed by atoms with van der Waals surface area (Å²) < 4.78 is 7.11. The number of nitrogen functional groups attached to an aromatic ring is 1. The molecule has 6 nitrogen and oxygen atoms in total. The molecule has 1 aromatic heterocycles. The van der Waals surface area contributed by atoms with Gasteiger partial charge in [0.05, 0.1) is 6.61 Å². The van der Waals surface area contributed by atoms with E-state index in [0.29, 0.717) is 24.4 Å². The second kappa shape index (κ2) is 6.47. The summed E-state index contributed by atoms with van der Waals surface area (Å²) in [5.41, 5.74) is 6.49. The van der Waals surface area contributed by atoms with Gasteiger partial charge < -0.3 is 19.9 Å². The van der Waals surface area contributed by atoms with Crippen LogP contribution in [0.3, 0.4) is 0 Å². The number of nitrogens with zero attached hydrogens (tertiary/aromatic N) is 3. The number of rotatable bonds is 4. The Hall–Kier alpha value is -1.56. The zero-order chi connectivity index (χ0) is 15.6. The van der Waals surface area contributed by atoms with Gasteiger partial charge in [0.1, 0.15) is 11.6 Å². The third-order valence-corrected chi connectivity index (χ3v) is 4.20. The maximum absolute atomic E-state index is 12.0. The number of anilines is 1. The molecule has 0 aromatic carbocycles. The zero-order valence-corrected chi connectivity index (χ0v) is 13.4. The number of ether oxygens (including phenoxy) is 1. The summed E-state index contributed by atoms with van der Waals surface area (Å²) in [5.74, 6) is 1.37. The number of aryl methyl sites for hydroxylation is 1. The molecule has 1 fully saturated rings. The van der Waals surface area contributed by atoms with Gasteiger partial charge in [0, 0.05) is 19.0 Å². The van der Waals surface area contributed by atoms with E-state index in [4.69, 9.17) is 10.5 Å². The molecule has 1 saturated heterocycles. The zero-order valence-electron chi connectivity index (χ0n) is 13.4. The van der Waals surface area contributed by atoms with Crippen LogP contribution in [0.1, 0.15) is 49.5 Å². The van der Waals surface area contributed by atoms with Crippen molar-refractivity contribution in [3.63, 3.8) is 0 Å². The molecule has 1 aromatic rings. The number of hydrogen-bond donors (Lipinski definition) is 1. The van der Waals surface area contributed by atoms with Crippen LogP contribution in [0.2, 0.25) is 0 Å². The Kier molecular flexibility index (Phi) is 4.88. The van der Waals surface area contributed by atoms with Crippen LogP contribution < -0.4 is 5.73 Å². The van der Waals surface area contributed by atoms with Gasteiger partial charge in [0.25, 0.3) is 0 Å². The lowest BCUT2D eigenvalue weighted by Gasteiger charge is -2.36. The van der Waals surface area contributed by atoms with Gasteiger partial charge in [0.15, 0.2) is 5.69 Å². The molecule has 0 amide bonds. The maximum Gasteiger partial charge on any atom is 0.360 e. The van der Waals surface area contributed by atoms with Gasteiger partial charge in [-0.05, 0) is 32.9 Å². The van der Waals surface area contributed by atoms with E-state index in [-0.39, 0.29) is 5.69 Å². The van der Waals surface area contributed by atoms with E-state index >= 15 is 0 Å². The van der Waals surface area contributed by atoms with Crippen molar-refractivity contribution in [1.29, 1.82) is 0 Å². The first-order valence-corrected chi connectivity index (χ1v) is 7.71. The van der Waals surface area contributed by atoms with Crippen molar-refractivity contribution in [1.82, 2.24) is 14.5 Å². The van der Waals surface area contributed by atoms with Gasteiger partial charge >= 0.3 is 5.97 Å². The van der Waals surface area contributed by atoms with Crippen LogP contribution in [0, 0.1) is 5.92 Å². The monoisotopic (exact) mass is 294 g/mol. The Labute approximate surface area is 126 Å². The van der Waals surface area contributed by atoms with Crippen LogP contribution in [0.5, 0.6) is 0 Å². The van der Waals surface area contributed by atoms with E-state index in [1.165, 1.54) is 0 Å². The lowest BCUT2D eigenvalue weighted by atomic mass is 9.93. The summed E-state index contributed by atoms with van der Waals surface area (Å²) in [4.78, 5) is 18.7. The van der Waals surface area contributed by atoms with Crippen LogP contribution in [-0.2, 0) is 11.2 Å². The SMILES string of the molecule is CCOC(=O)c1nc(CC)n(C2CCN(C)CC2C)c1N. The van der Waals surface area contributed by atoms with E-state index < -0.39 is 5.97 Å². The Balaban J connectivity index is 2.36. The number of nitrogens with two attached hydrogens (primary N) is 1.